The molecule has 0 bridgehead atoms. The molecule has 0 spiro atoms. The average molecular weight is 478 g/mol. The first-order valence-corrected chi connectivity index (χ1v) is 14.2. The highest BCUT2D eigenvalue weighted by atomic mass is 32.2. The van der Waals surface area contributed by atoms with E-state index in [4.69, 9.17) is 4.74 Å². The van der Waals surface area contributed by atoms with Gasteiger partial charge in [0.2, 0.25) is 5.91 Å². The summed E-state index contributed by atoms with van der Waals surface area (Å²) in [4.78, 5) is 24.2. The van der Waals surface area contributed by atoms with Crippen molar-refractivity contribution in [2.45, 2.75) is 128 Å². The number of rotatable bonds is 22. The second-order valence-electron chi connectivity index (χ2n) is 8.67. The zero-order valence-electron chi connectivity index (χ0n) is 20.4. The van der Waals surface area contributed by atoms with Gasteiger partial charge in [0, 0.05) is 6.54 Å². The van der Waals surface area contributed by atoms with Crippen LogP contribution in [0.2, 0.25) is 0 Å². The van der Waals surface area contributed by atoms with E-state index in [0.717, 1.165) is 44.9 Å². The van der Waals surface area contributed by atoms with E-state index in [2.05, 4.69) is 19.2 Å². The zero-order chi connectivity index (χ0) is 24.1. The van der Waals surface area contributed by atoms with Gasteiger partial charge in [0.1, 0.15) is 0 Å². The van der Waals surface area contributed by atoms with Gasteiger partial charge in [-0.2, -0.15) is 8.42 Å². The van der Waals surface area contributed by atoms with Crippen LogP contribution in [-0.4, -0.2) is 43.2 Å². The van der Waals surface area contributed by atoms with Crippen molar-refractivity contribution in [3.63, 3.8) is 0 Å². The Balaban J connectivity index is 4.02. The molecular weight excluding hydrogens is 430 g/mol. The minimum absolute atomic E-state index is 0.200. The number of ether oxygens (including phenoxy) is 1. The van der Waals surface area contributed by atoms with Gasteiger partial charge in [0.15, 0.2) is 5.25 Å². The van der Waals surface area contributed by atoms with E-state index < -0.39 is 33.7 Å². The van der Waals surface area contributed by atoms with Gasteiger partial charge in [-0.15, -0.1) is 0 Å². The number of hydrogen-bond acceptors (Lipinski definition) is 5. The molecule has 0 radical (unpaired) electrons. The second-order valence-corrected chi connectivity index (χ2v) is 10.3. The molecule has 0 saturated heterocycles. The number of carbonyl (C=O) groups is 2. The molecule has 0 fully saturated rings. The third kappa shape index (κ3) is 18.4. The summed E-state index contributed by atoms with van der Waals surface area (Å²) in [6, 6.07) is 0. The Bertz CT molecular complexity index is 579. The standard InChI is InChI=1S/C24H47NO6S/c1-3-5-7-9-11-13-15-17-19-25-24(27)22(32(28,29)30)21-23(26)31-20-18-16-14-12-10-8-6-4-2/h22H,3-21H2,1-2H3,(H,25,27)(H,28,29,30). The van der Waals surface area contributed by atoms with E-state index in [9.17, 15) is 22.6 Å². The molecule has 0 aliphatic carbocycles. The maximum atomic E-state index is 12.2. The summed E-state index contributed by atoms with van der Waals surface area (Å²) >= 11 is 0. The molecule has 1 atom stereocenters. The van der Waals surface area contributed by atoms with Gasteiger partial charge in [-0.3, -0.25) is 14.1 Å². The lowest BCUT2D eigenvalue weighted by atomic mass is 10.1. The summed E-state index contributed by atoms with van der Waals surface area (Å²) in [5.41, 5.74) is 0. The first kappa shape index (κ1) is 30.9. The van der Waals surface area contributed by atoms with E-state index in [0.29, 0.717) is 13.0 Å². The van der Waals surface area contributed by atoms with Crippen molar-refractivity contribution >= 4 is 22.0 Å². The molecule has 32 heavy (non-hydrogen) atoms. The number of esters is 1. The molecule has 2 N–H and O–H groups in total. The number of nitrogens with one attached hydrogen (secondary N) is 1. The van der Waals surface area contributed by atoms with E-state index >= 15 is 0 Å². The Morgan fingerprint density at radius 3 is 1.66 bits per heavy atom. The predicted molar refractivity (Wildman–Crippen MR) is 129 cm³/mol. The molecule has 8 heteroatoms. The number of unbranched alkanes of at least 4 members (excludes halogenated alkanes) is 14. The van der Waals surface area contributed by atoms with Crippen LogP contribution in [0, 0.1) is 0 Å². The van der Waals surface area contributed by atoms with Crippen molar-refractivity contribution in [2.75, 3.05) is 13.2 Å². The third-order valence-electron chi connectivity index (χ3n) is 5.59. The highest BCUT2D eigenvalue weighted by Crippen LogP contribution is 2.11. The van der Waals surface area contributed by atoms with E-state index in [-0.39, 0.29) is 6.61 Å². The van der Waals surface area contributed by atoms with Crippen LogP contribution in [0.3, 0.4) is 0 Å². The number of hydrogen-bond donors (Lipinski definition) is 2. The number of carbonyl (C=O) groups excluding carboxylic acids is 2. The van der Waals surface area contributed by atoms with Crippen molar-refractivity contribution in [1.29, 1.82) is 0 Å². The summed E-state index contributed by atoms with van der Waals surface area (Å²) in [6.07, 6.45) is 17.0. The van der Waals surface area contributed by atoms with Crippen LogP contribution in [0.15, 0.2) is 0 Å². The van der Waals surface area contributed by atoms with Gasteiger partial charge in [-0.05, 0) is 12.8 Å². The lowest BCUT2D eigenvalue weighted by Crippen LogP contribution is -2.41. The molecule has 0 aromatic carbocycles. The van der Waals surface area contributed by atoms with E-state index in [1.165, 1.54) is 51.4 Å². The Labute approximate surface area is 196 Å². The number of amides is 1. The van der Waals surface area contributed by atoms with E-state index in [1.54, 1.807) is 0 Å². The van der Waals surface area contributed by atoms with Crippen LogP contribution < -0.4 is 5.32 Å². The Morgan fingerprint density at radius 1 is 0.750 bits per heavy atom. The Hall–Kier alpha value is -1.15. The average Bonchev–Trinajstić information content (AvgIpc) is 2.74. The van der Waals surface area contributed by atoms with Crippen LogP contribution in [0.4, 0.5) is 0 Å². The fourth-order valence-corrected chi connectivity index (χ4v) is 4.25. The summed E-state index contributed by atoms with van der Waals surface area (Å²) in [5.74, 6) is -1.63. The van der Waals surface area contributed by atoms with E-state index in [1.807, 2.05) is 0 Å². The third-order valence-corrected chi connectivity index (χ3v) is 6.69. The molecule has 1 amide bonds. The van der Waals surface area contributed by atoms with Gasteiger partial charge in [0.25, 0.3) is 10.1 Å². The molecule has 7 nitrogen and oxygen atoms in total. The highest BCUT2D eigenvalue weighted by Gasteiger charge is 2.33. The first-order valence-electron chi connectivity index (χ1n) is 12.7. The lowest BCUT2D eigenvalue weighted by Gasteiger charge is -2.14. The molecule has 0 aliphatic rings. The smallest absolute Gasteiger partial charge is 0.307 e. The summed E-state index contributed by atoms with van der Waals surface area (Å²) < 4.78 is 37.6. The molecule has 190 valence electrons. The second kappa shape index (κ2) is 20.5. The highest BCUT2D eigenvalue weighted by molar-refractivity contribution is 7.87. The molecule has 1 unspecified atom stereocenters. The molecule has 0 saturated carbocycles. The van der Waals surface area contributed by atoms with Crippen molar-refractivity contribution in [1.82, 2.24) is 5.32 Å². The predicted octanol–water partition coefficient (Wildman–Crippen LogP) is 5.57. The Kier molecular flexibility index (Phi) is 19.7. The largest absolute Gasteiger partial charge is 0.466 e. The minimum atomic E-state index is -4.68. The molecular formula is C24H47NO6S. The quantitative estimate of drug-likeness (QED) is 0.120. The molecule has 0 aromatic heterocycles. The summed E-state index contributed by atoms with van der Waals surface area (Å²) in [7, 11) is -4.68. The summed E-state index contributed by atoms with van der Waals surface area (Å²) in [5, 5.41) is 0.708. The summed E-state index contributed by atoms with van der Waals surface area (Å²) in [6.45, 7) is 4.89. The SMILES string of the molecule is CCCCCCCCCCNC(=O)C(CC(=O)OCCCCCCCCCC)S(=O)(=O)O. The maximum absolute atomic E-state index is 12.2. The van der Waals surface area contributed by atoms with Crippen molar-refractivity contribution in [3.05, 3.63) is 0 Å². The zero-order valence-corrected chi connectivity index (χ0v) is 21.2. The fraction of sp³-hybridized carbons (Fsp3) is 0.917. The van der Waals surface area contributed by atoms with Gasteiger partial charge < -0.3 is 10.1 Å². The van der Waals surface area contributed by atoms with Gasteiger partial charge in [-0.25, -0.2) is 0 Å². The first-order chi connectivity index (χ1) is 15.3. The van der Waals surface area contributed by atoms with Crippen LogP contribution in [0.5, 0.6) is 0 Å². The molecule has 0 aromatic rings. The van der Waals surface area contributed by atoms with Crippen molar-refractivity contribution in [2.24, 2.45) is 0 Å². The van der Waals surface area contributed by atoms with Gasteiger partial charge in [-0.1, -0.05) is 104 Å². The van der Waals surface area contributed by atoms with Crippen LogP contribution in [-0.2, 0) is 24.4 Å². The van der Waals surface area contributed by atoms with Gasteiger partial charge in [0.05, 0.1) is 13.0 Å². The Morgan fingerprint density at radius 2 is 1.19 bits per heavy atom. The molecule has 0 heterocycles. The monoisotopic (exact) mass is 477 g/mol. The fourth-order valence-electron chi connectivity index (χ4n) is 3.55. The molecule has 0 aliphatic heterocycles. The van der Waals surface area contributed by atoms with Crippen LogP contribution in [0.1, 0.15) is 123 Å². The lowest BCUT2D eigenvalue weighted by molar-refractivity contribution is -0.145. The van der Waals surface area contributed by atoms with Crippen LogP contribution in [0.25, 0.3) is 0 Å². The normalized spacial score (nSPS) is 12.5. The van der Waals surface area contributed by atoms with Crippen molar-refractivity contribution in [3.8, 4) is 0 Å². The maximum Gasteiger partial charge on any atom is 0.307 e. The van der Waals surface area contributed by atoms with Crippen LogP contribution >= 0.6 is 0 Å². The van der Waals surface area contributed by atoms with Gasteiger partial charge >= 0.3 is 5.97 Å². The minimum Gasteiger partial charge on any atom is -0.466 e. The molecule has 0 rings (SSSR count). The topological polar surface area (TPSA) is 110 Å². The van der Waals surface area contributed by atoms with Crippen molar-refractivity contribution < 1.29 is 27.3 Å².